The summed E-state index contributed by atoms with van der Waals surface area (Å²) in [5.41, 5.74) is 0. The molecule has 0 saturated heterocycles. The summed E-state index contributed by atoms with van der Waals surface area (Å²) in [6.07, 6.45) is 0. The SMILES string of the molecule is CC(C)CS.[N]. The maximum absolute atomic E-state index is 4.02. The average molecular weight is 104 g/mol. The van der Waals surface area contributed by atoms with Crippen molar-refractivity contribution in [2.45, 2.75) is 13.8 Å². The monoisotopic (exact) mass is 104 g/mol. The van der Waals surface area contributed by atoms with Crippen molar-refractivity contribution >= 4 is 12.6 Å². The van der Waals surface area contributed by atoms with Crippen LogP contribution in [0.1, 0.15) is 13.8 Å². The molecule has 3 radical (unpaired) electrons. The number of nitrogens with zero attached hydrogens (tertiary/aromatic N) is 1. The molecule has 37 valence electrons. The van der Waals surface area contributed by atoms with E-state index in [1.165, 1.54) is 0 Å². The van der Waals surface area contributed by atoms with Crippen molar-refractivity contribution in [2.24, 2.45) is 5.92 Å². The average Bonchev–Trinajstić information content (AvgIpc) is 1.38. The highest BCUT2D eigenvalue weighted by atomic mass is 32.1. The first-order valence-corrected chi connectivity index (χ1v) is 2.51. The van der Waals surface area contributed by atoms with Crippen LogP contribution in [-0.2, 0) is 0 Å². The van der Waals surface area contributed by atoms with Crippen LogP contribution >= 0.6 is 12.6 Å². The van der Waals surface area contributed by atoms with E-state index in [9.17, 15) is 0 Å². The van der Waals surface area contributed by atoms with Crippen LogP contribution in [0.15, 0.2) is 0 Å². The quantitative estimate of drug-likeness (QED) is 0.483. The van der Waals surface area contributed by atoms with Crippen LogP contribution in [0, 0.1) is 5.92 Å². The smallest absolute Gasteiger partial charge is 0 e. The Morgan fingerprint density at radius 1 is 1.50 bits per heavy atom. The molecule has 0 saturated carbocycles. The predicted molar refractivity (Wildman–Crippen MR) is 30.8 cm³/mol. The minimum Gasteiger partial charge on any atom is -0.179 e. The Bertz CT molecular complexity index is 21.5. The molecule has 0 aliphatic heterocycles. The fourth-order valence-electron chi connectivity index (χ4n) is 0. The molecule has 0 unspecified atom stereocenters. The third kappa shape index (κ3) is 8.85. The highest BCUT2D eigenvalue weighted by Crippen LogP contribution is 1.90. The molecule has 0 aromatic heterocycles. The summed E-state index contributed by atoms with van der Waals surface area (Å²) in [7, 11) is 0. The predicted octanol–water partition coefficient (Wildman–Crippen LogP) is 1.09. The van der Waals surface area contributed by atoms with Gasteiger partial charge in [0.1, 0.15) is 0 Å². The van der Waals surface area contributed by atoms with Gasteiger partial charge in [0.05, 0.1) is 0 Å². The van der Waals surface area contributed by atoms with Gasteiger partial charge in [0.2, 0.25) is 0 Å². The lowest BCUT2D eigenvalue weighted by atomic mass is 10.3. The van der Waals surface area contributed by atoms with Crippen LogP contribution in [0.25, 0.3) is 0 Å². The molecule has 0 atom stereocenters. The zero-order chi connectivity index (χ0) is 4.28. The summed E-state index contributed by atoms with van der Waals surface area (Å²) >= 11 is 4.02. The van der Waals surface area contributed by atoms with E-state index < -0.39 is 0 Å². The summed E-state index contributed by atoms with van der Waals surface area (Å²) in [5.74, 6) is 1.75. The van der Waals surface area contributed by atoms with E-state index in [0.29, 0.717) is 0 Å². The molecule has 0 aliphatic rings. The van der Waals surface area contributed by atoms with Gasteiger partial charge in [-0.05, 0) is 11.7 Å². The Balaban J connectivity index is 0. The van der Waals surface area contributed by atoms with Gasteiger partial charge in [-0.15, -0.1) is 0 Å². The molecular weight excluding hydrogens is 94.1 g/mol. The van der Waals surface area contributed by atoms with Gasteiger partial charge in [-0.3, -0.25) is 0 Å². The first-order valence-electron chi connectivity index (χ1n) is 1.88. The molecule has 6 heavy (non-hydrogen) atoms. The second-order valence-electron chi connectivity index (χ2n) is 1.58. The second kappa shape index (κ2) is 5.31. The summed E-state index contributed by atoms with van der Waals surface area (Å²) in [5, 5.41) is 0. The van der Waals surface area contributed by atoms with E-state index in [1.54, 1.807) is 0 Å². The van der Waals surface area contributed by atoms with E-state index in [-0.39, 0.29) is 6.15 Å². The molecule has 0 aliphatic carbocycles. The fraction of sp³-hybridized carbons (Fsp3) is 1.00. The van der Waals surface area contributed by atoms with Gasteiger partial charge in [0.15, 0.2) is 0 Å². The van der Waals surface area contributed by atoms with Crippen molar-refractivity contribution < 1.29 is 0 Å². The number of hydrogen-bond donors (Lipinski definition) is 1. The zero-order valence-corrected chi connectivity index (χ0v) is 5.07. The minimum absolute atomic E-state index is 0. The molecule has 0 bridgehead atoms. The molecular formula is C4H10NS. The van der Waals surface area contributed by atoms with Gasteiger partial charge >= 0.3 is 0 Å². The largest absolute Gasteiger partial charge is 0.179 e. The van der Waals surface area contributed by atoms with Crippen LogP contribution < -0.4 is 6.15 Å². The van der Waals surface area contributed by atoms with Gasteiger partial charge in [0, 0.05) is 6.15 Å². The summed E-state index contributed by atoms with van der Waals surface area (Å²) in [4.78, 5) is 0. The van der Waals surface area contributed by atoms with Crippen molar-refractivity contribution in [3.63, 3.8) is 0 Å². The molecule has 0 amide bonds. The van der Waals surface area contributed by atoms with Gasteiger partial charge < -0.3 is 0 Å². The first kappa shape index (κ1) is 9.58. The van der Waals surface area contributed by atoms with Gasteiger partial charge in [-0.25, -0.2) is 0 Å². The van der Waals surface area contributed by atoms with Gasteiger partial charge in [-0.2, -0.15) is 12.6 Å². The summed E-state index contributed by atoms with van der Waals surface area (Å²) < 4.78 is 0. The third-order valence-corrected chi connectivity index (χ3v) is 1.10. The lowest BCUT2D eigenvalue weighted by Gasteiger charge is -1.89. The van der Waals surface area contributed by atoms with Gasteiger partial charge in [0.25, 0.3) is 0 Å². The fourth-order valence-corrected chi connectivity index (χ4v) is 0. The van der Waals surface area contributed by atoms with Crippen LogP contribution in [0.2, 0.25) is 0 Å². The van der Waals surface area contributed by atoms with Crippen LogP contribution in [0.4, 0.5) is 0 Å². The maximum Gasteiger partial charge on any atom is 0 e. The number of rotatable bonds is 1. The van der Waals surface area contributed by atoms with Gasteiger partial charge in [-0.1, -0.05) is 13.8 Å². The van der Waals surface area contributed by atoms with Crippen LogP contribution in [0.5, 0.6) is 0 Å². The first-order chi connectivity index (χ1) is 2.27. The lowest BCUT2D eigenvalue weighted by Crippen LogP contribution is -1.83. The van der Waals surface area contributed by atoms with Crippen molar-refractivity contribution in [1.82, 2.24) is 6.15 Å². The Hall–Kier alpha value is 0.310. The van der Waals surface area contributed by atoms with E-state index in [1.807, 2.05) is 0 Å². The molecule has 0 rings (SSSR count). The molecule has 0 fully saturated rings. The number of thiol groups is 1. The highest BCUT2D eigenvalue weighted by Gasteiger charge is 1.80. The molecule has 0 heterocycles. The van der Waals surface area contributed by atoms with E-state index in [2.05, 4.69) is 26.5 Å². The Kier molecular flexibility index (Phi) is 8.48. The molecule has 0 N–H and O–H groups in total. The highest BCUT2D eigenvalue weighted by molar-refractivity contribution is 7.80. The molecule has 0 spiro atoms. The molecule has 2 heteroatoms. The summed E-state index contributed by atoms with van der Waals surface area (Å²) in [6, 6.07) is 0. The van der Waals surface area contributed by atoms with Crippen LogP contribution in [0.3, 0.4) is 0 Å². The van der Waals surface area contributed by atoms with Crippen molar-refractivity contribution in [2.75, 3.05) is 5.75 Å². The third-order valence-electron chi connectivity index (χ3n) is 0.365. The number of hydrogen-bond acceptors (Lipinski definition) is 1. The van der Waals surface area contributed by atoms with E-state index in [0.717, 1.165) is 11.7 Å². The molecule has 0 aromatic carbocycles. The lowest BCUT2D eigenvalue weighted by molar-refractivity contribution is 0.753. The van der Waals surface area contributed by atoms with E-state index >= 15 is 0 Å². The van der Waals surface area contributed by atoms with Crippen molar-refractivity contribution in [3.8, 4) is 0 Å². The topological polar surface area (TPSA) is 30.5 Å². The Morgan fingerprint density at radius 2 is 1.67 bits per heavy atom. The second-order valence-corrected chi connectivity index (χ2v) is 1.94. The molecule has 0 aromatic rings. The minimum atomic E-state index is 0. The van der Waals surface area contributed by atoms with Crippen LogP contribution in [-0.4, -0.2) is 5.75 Å². The molecule has 1 nitrogen and oxygen atoms in total. The Morgan fingerprint density at radius 3 is 1.67 bits per heavy atom. The van der Waals surface area contributed by atoms with E-state index in [4.69, 9.17) is 0 Å². The maximum atomic E-state index is 4.02. The zero-order valence-electron chi connectivity index (χ0n) is 4.18. The van der Waals surface area contributed by atoms with Crippen molar-refractivity contribution in [3.05, 3.63) is 0 Å². The Labute approximate surface area is 45.1 Å². The van der Waals surface area contributed by atoms with Crippen molar-refractivity contribution in [1.29, 1.82) is 0 Å². The normalized spacial score (nSPS) is 8.00. The standard InChI is InChI=1S/C4H10S.N/c1-4(2)3-5;/h4-5H,3H2,1-2H3;. The summed E-state index contributed by atoms with van der Waals surface area (Å²) in [6.45, 7) is 4.29.